The molecule has 1 heterocycles. The van der Waals surface area contributed by atoms with E-state index in [9.17, 15) is 4.79 Å². The van der Waals surface area contributed by atoms with Gasteiger partial charge in [-0.25, -0.2) is 4.98 Å². The Morgan fingerprint density at radius 2 is 2.38 bits per heavy atom. The molecule has 1 aromatic rings. The van der Waals surface area contributed by atoms with Gasteiger partial charge in [0.15, 0.2) is 0 Å². The SMILES string of the molecule is CSC(C)CNc1ncc(N)cc1C(N)=O. The molecule has 0 aliphatic carbocycles. The van der Waals surface area contributed by atoms with E-state index in [0.29, 0.717) is 22.3 Å². The number of hydrogen-bond donors (Lipinski definition) is 3. The van der Waals surface area contributed by atoms with Crippen LogP contribution in [0.4, 0.5) is 11.5 Å². The summed E-state index contributed by atoms with van der Waals surface area (Å²) < 4.78 is 0. The average Bonchev–Trinajstić information content (AvgIpc) is 2.26. The first kappa shape index (κ1) is 12.6. The Morgan fingerprint density at radius 3 is 2.94 bits per heavy atom. The third-order valence-corrected chi connectivity index (χ3v) is 3.11. The van der Waals surface area contributed by atoms with Crippen molar-refractivity contribution in [1.29, 1.82) is 0 Å². The molecule has 0 aromatic carbocycles. The van der Waals surface area contributed by atoms with Gasteiger partial charge in [0.05, 0.1) is 17.4 Å². The van der Waals surface area contributed by atoms with Crippen LogP contribution in [0.15, 0.2) is 12.3 Å². The molecule has 1 rings (SSSR count). The standard InChI is InChI=1S/C10H16N4OS/c1-6(16-2)4-13-10-8(9(12)15)3-7(11)5-14-10/h3,5-6H,4,11H2,1-2H3,(H2,12,15)(H,13,14). The van der Waals surface area contributed by atoms with Crippen molar-refractivity contribution < 1.29 is 4.79 Å². The molecule has 0 aliphatic rings. The molecule has 0 bridgehead atoms. The maximum atomic E-state index is 11.2. The number of amides is 1. The van der Waals surface area contributed by atoms with Gasteiger partial charge in [-0.3, -0.25) is 4.79 Å². The molecule has 5 N–H and O–H groups in total. The van der Waals surface area contributed by atoms with E-state index in [0.717, 1.165) is 6.54 Å². The molecule has 0 saturated carbocycles. The first-order valence-electron chi connectivity index (χ1n) is 4.86. The summed E-state index contributed by atoms with van der Waals surface area (Å²) in [5.74, 6) is -0.0401. The van der Waals surface area contributed by atoms with E-state index in [1.807, 2.05) is 6.26 Å². The van der Waals surface area contributed by atoms with Gasteiger partial charge < -0.3 is 16.8 Å². The van der Waals surface area contributed by atoms with Crippen molar-refractivity contribution >= 4 is 29.2 Å². The summed E-state index contributed by atoms with van der Waals surface area (Å²) in [6.07, 6.45) is 3.52. The molecule has 1 unspecified atom stereocenters. The summed E-state index contributed by atoms with van der Waals surface area (Å²) in [6, 6.07) is 1.53. The van der Waals surface area contributed by atoms with Crippen LogP contribution in [-0.4, -0.2) is 28.9 Å². The highest BCUT2D eigenvalue weighted by atomic mass is 32.2. The van der Waals surface area contributed by atoms with Crippen LogP contribution in [0.2, 0.25) is 0 Å². The lowest BCUT2D eigenvalue weighted by Gasteiger charge is -2.12. The zero-order valence-corrected chi connectivity index (χ0v) is 10.2. The van der Waals surface area contributed by atoms with E-state index in [2.05, 4.69) is 17.2 Å². The fourth-order valence-electron chi connectivity index (χ4n) is 1.13. The number of thioether (sulfide) groups is 1. The number of carbonyl (C=O) groups excluding carboxylic acids is 1. The third-order valence-electron chi connectivity index (χ3n) is 2.13. The van der Waals surface area contributed by atoms with Crippen LogP contribution in [0, 0.1) is 0 Å². The van der Waals surface area contributed by atoms with Gasteiger partial charge in [0, 0.05) is 11.8 Å². The Balaban J connectivity index is 2.82. The summed E-state index contributed by atoms with van der Waals surface area (Å²) in [5.41, 5.74) is 11.5. The number of rotatable bonds is 5. The second-order valence-electron chi connectivity index (χ2n) is 3.46. The topological polar surface area (TPSA) is 94.0 Å². The van der Waals surface area contributed by atoms with Gasteiger partial charge in [0.2, 0.25) is 0 Å². The summed E-state index contributed by atoms with van der Waals surface area (Å²) >= 11 is 1.73. The van der Waals surface area contributed by atoms with Crippen molar-refractivity contribution in [2.75, 3.05) is 23.9 Å². The molecule has 1 amide bonds. The molecule has 5 nitrogen and oxygen atoms in total. The maximum absolute atomic E-state index is 11.2. The molecule has 16 heavy (non-hydrogen) atoms. The highest BCUT2D eigenvalue weighted by Gasteiger charge is 2.10. The summed E-state index contributed by atoms with van der Waals surface area (Å²) in [5, 5.41) is 3.51. The number of hydrogen-bond acceptors (Lipinski definition) is 5. The van der Waals surface area contributed by atoms with Crippen molar-refractivity contribution in [2.24, 2.45) is 5.73 Å². The molecule has 1 aromatic heterocycles. The van der Waals surface area contributed by atoms with Gasteiger partial charge >= 0.3 is 0 Å². The Kier molecular flexibility index (Phi) is 4.42. The van der Waals surface area contributed by atoms with Crippen LogP contribution in [0.5, 0.6) is 0 Å². The monoisotopic (exact) mass is 240 g/mol. The molecule has 6 heteroatoms. The number of carbonyl (C=O) groups is 1. The van der Waals surface area contributed by atoms with Crippen molar-refractivity contribution in [1.82, 2.24) is 4.98 Å². The van der Waals surface area contributed by atoms with Crippen LogP contribution < -0.4 is 16.8 Å². The Bertz CT molecular complexity index is 383. The Hall–Kier alpha value is -1.43. The molecular formula is C10H16N4OS. The largest absolute Gasteiger partial charge is 0.397 e. The van der Waals surface area contributed by atoms with E-state index in [4.69, 9.17) is 11.5 Å². The lowest BCUT2D eigenvalue weighted by molar-refractivity contribution is 0.100. The summed E-state index contributed by atoms with van der Waals surface area (Å²) in [7, 11) is 0. The number of anilines is 2. The fraction of sp³-hybridized carbons (Fsp3) is 0.400. The van der Waals surface area contributed by atoms with Crippen LogP contribution in [0.3, 0.4) is 0 Å². The third kappa shape index (κ3) is 3.30. The van der Waals surface area contributed by atoms with Crippen molar-refractivity contribution in [3.05, 3.63) is 17.8 Å². The first-order valence-corrected chi connectivity index (χ1v) is 6.15. The second-order valence-corrected chi connectivity index (χ2v) is 4.73. The number of nitrogens with zero attached hydrogens (tertiary/aromatic N) is 1. The molecule has 0 aliphatic heterocycles. The van der Waals surface area contributed by atoms with Crippen molar-refractivity contribution in [2.45, 2.75) is 12.2 Å². The molecule has 0 spiro atoms. The minimum absolute atomic E-state index is 0.327. The van der Waals surface area contributed by atoms with E-state index in [1.165, 1.54) is 12.3 Å². The van der Waals surface area contributed by atoms with Gasteiger partial charge in [0.1, 0.15) is 5.82 Å². The Morgan fingerprint density at radius 1 is 1.69 bits per heavy atom. The molecular weight excluding hydrogens is 224 g/mol. The highest BCUT2D eigenvalue weighted by molar-refractivity contribution is 7.99. The molecule has 0 saturated heterocycles. The number of nitrogen functional groups attached to an aromatic ring is 1. The minimum atomic E-state index is -0.529. The van der Waals surface area contributed by atoms with Gasteiger partial charge in [-0.2, -0.15) is 11.8 Å². The van der Waals surface area contributed by atoms with Crippen molar-refractivity contribution in [3.63, 3.8) is 0 Å². The number of nitrogens with one attached hydrogen (secondary N) is 1. The second kappa shape index (κ2) is 5.60. The zero-order valence-electron chi connectivity index (χ0n) is 9.36. The summed E-state index contributed by atoms with van der Waals surface area (Å²) in [4.78, 5) is 15.2. The summed E-state index contributed by atoms with van der Waals surface area (Å²) in [6.45, 7) is 2.80. The van der Waals surface area contributed by atoms with E-state index in [1.54, 1.807) is 11.8 Å². The quantitative estimate of drug-likeness (QED) is 0.711. The first-order chi connectivity index (χ1) is 7.54. The maximum Gasteiger partial charge on any atom is 0.252 e. The van der Waals surface area contributed by atoms with Gasteiger partial charge in [-0.1, -0.05) is 6.92 Å². The van der Waals surface area contributed by atoms with Crippen LogP contribution >= 0.6 is 11.8 Å². The van der Waals surface area contributed by atoms with Crippen LogP contribution in [0.25, 0.3) is 0 Å². The normalized spacial score (nSPS) is 12.1. The molecule has 0 radical (unpaired) electrons. The predicted octanol–water partition coefficient (Wildman–Crippen LogP) is 0.926. The molecule has 1 atom stereocenters. The number of nitrogens with two attached hydrogens (primary N) is 2. The smallest absolute Gasteiger partial charge is 0.252 e. The van der Waals surface area contributed by atoms with Gasteiger partial charge in [-0.05, 0) is 12.3 Å². The minimum Gasteiger partial charge on any atom is -0.397 e. The fourth-order valence-corrected chi connectivity index (χ4v) is 1.38. The van der Waals surface area contributed by atoms with Crippen molar-refractivity contribution in [3.8, 4) is 0 Å². The molecule has 88 valence electrons. The zero-order chi connectivity index (χ0) is 12.1. The Labute approximate surface area is 99.0 Å². The number of pyridine rings is 1. The lowest BCUT2D eigenvalue weighted by atomic mass is 10.2. The van der Waals surface area contributed by atoms with E-state index in [-0.39, 0.29) is 0 Å². The highest BCUT2D eigenvalue weighted by Crippen LogP contribution is 2.15. The van der Waals surface area contributed by atoms with Crippen LogP contribution in [-0.2, 0) is 0 Å². The van der Waals surface area contributed by atoms with Gasteiger partial charge in [0.25, 0.3) is 5.91 Å². The predicted molar refractivity (Wildman–Crippen MR) is 68.6 cm³/mol. The molecule has 0 fully saturated rings. The average molecular weight is 240 g/mol. The van der Waals surface area contributed by atoms with E-state index < -0.39 is 5.91 Å². The number of primary amides is 1. The van der Waals surface area contributed by atoms with Gasteiger partial charge in [-0.15, -0.1) is 0 Å². The van der Waals surface area contributed by atoms with E-state index >= 15 is 0 Å². The van der Waals surface area contributed by atoms with Crippen LogP contribution in [0.1, 0.15) is 17.3 Å². The number of aromatic nitrogens is 1. The lowest BCUT2D eigenvalue weighted by Crippen LogP contribution is -2.19.